The topological polar surface area (TPSA) is 34.0 Å². The highest BCUT2D eigenvalue weighted by molar-refractivity contribution is 6.09. The monoisotopic (exact) mass is 816 g/mol. The van der Waals surface area contributed by atoms with Crippen molar-refractivity contribution in [1.82, 2.24) is 14.5 Å². The summed E-state index contributed by atoms with van der Waals surface area (Å²) in [7, 11) is 0. The second kappa shape index (κ2) is 14.1. The predicted molar refractivity (Wildman–Crippen MR) is 263 cm³/mol. The number of anilines is 2. The summed E-state index contributed by atoms with van der Waals surface area (Å²) in [4.78, 5) is 13.1. The van der Waals surface area contributed by atoms with Gasteiger partial charge >= 0.3 is 0 Å². The van der Waals surface area contributed by atoms with Crippen LogP contribution in [0.15, 0.2) is 231 Å². The molecule has 0 unspecified atom stereocenters. The van der Waals surface area contributed by atoms with Crippen LogP contribution in [0.5, 0.6) is 0 Å². The first kappa shape index (κ1) is 36.3. The Morgan fingerprint density at radius 1 is 0.453 bits per heavy atom. The zero-order chi connectivity index (χ0) is 42.4. The van der Waals surface area contributed by atoms with Gasteiger partial charge in [-0.15, -0.1) is 0 Å². The fourth-order valence-electron chi connectivity index (χ4n) is 10.9. The van der Waals surface area contributed by atoms with Crippen molar-refractivity contribution in [1.29, 1.82) is 0 Å². The van der Waals surface area contributed by atoms with Crippen molar-refractivity contribution in [3.8, 4) is 50.6 Å². The molecule has 3 heterocycles. The van der Waals surface area contributed by atoms with Gasteiger partial charge in [-0.05, 0) is 104 Å². The van der Waals surface area contributed by atoms with E-state index in [0.29, 0.717) is 5.82 Å². The van der Waals surface area contributed by atoms with E-state index in [9.17, 15) is 0 Å². The van der Waals surface area contributed by atoms with Crippen LogP contribution in [0, 0.1) is 0 Å². The highest BCUT2D eigenvalue weighted by Gasteiger charge is 2.51. The van der Waals surface area contributed by atoms with Crippen molar-refractivity contribution in [2.45, 2.75) is 11.8 Å². The van der Waals surface area contributed by atoms with Crippen LogP contribution in [0.2, 0.25) is 0 Å². The molecule has 2 aromatic heterocycles. The van der Waals surface area contributed by atoms with E-state index in [1.54, 1.807) is 0 Å². The number of nitrogens with zero attached hydrogens (tertiary/aromatic N) is 4. The van der Waals surface area contributed by atoms with Crippen molar-refractivity contribution < 1.29 is 0 Å². The normalized spacial score (nSPS) is 15.2. The van der Waals surface area contributed by atoms with E-state index in [4.69, 9.17) is 9.97 Å². The molecule has 4 heteroatoms. The van der Waals surface area contributed by atoms with Gasteiger partial charge in [-0.1, -0.05) is 183 Å². The Hall–Kier alpha value is -8.34. The zero-order valence-corrected chi connectivity index (χ0v) is 35.0. The summed E-state index contributed by atoms with van der Waals surface area (Å²) >= 11 is 0. The number of fused-ring (bicyclic) bond motifs is 14. The average Bonchev–Trinajstić information content (AvgIpc) is 3.98. The van der Waals surface area contributed by atoms with E-state index < -0.39 is 5.41 Å². The lowest BCUT2D eigenvalue weighted by Gasteiger charge is -2.30. The van der Waals surface area contributed by atoms with E-state index in [1.807, 2.05) is 0 Å². The molecule has 8 aromatic carbocycles. The van der Waals surface area contributed by atoms with E-state index in [1.165, 1.54) is 60.8 Å². The minimum atomic E-state index is -0.422. The molecule has 300 valence electrons. The SMILES string of the molecule is C=C1/C=C\C=C/Cc2ccccc2N1c1cc(-n2c3ccccc3c3ccccc32)nc(-c2cccc(-c3ccc4c(c3)C3(c5ccccc5-c5ccccc53)c3ccccc3-4)c2)n1. The molecule has 1 aliphatic heterocycles. The van der Waals surface area contributed by atoms with E-state index in [0.717, 1.165) is 57.2 Å². The molecular weight excluding hydrogens is 777 g/mol. The molecule has 0 fully saturated rings. The first-order chi connectivity index (χ1) is 31.7. The molecule has 4 nitrogen and oxygen atoms in total. The number of para-hydroxylation sites is 3. The van der Waals surface area contributed by atoms with Gasteiger partial charge in [0, 0.05) is 28.1 Å². The molecule has 0 amide bonds. The molecule has 0 N–H and O–H groups in total. The molecule has 0 saturated heterocycles. The fourth-order valence-corrected chi connectivity index (χ4v) is 10.9. The minimum Gasteiger partial charge on any atom is -0.295 e. The third-order valence-corrected chi connectivity index (χ3v) is 13.6. The van der Waals surface area contributed by atoms with Gasteiger partial charge in [0.25, 0.3) is 0 Å². The maximum absolute atomic E-state index is 5.48. The molecule has 1 spiro atoms. The molecule has 2 aliphatic carbocycles. The summed E-state index contributed by atoms with van der Waals surface area (Å²) < 4.78 is 2.28. The summed E-state index contributed by atoms with van der Waals surface area (Å²) in [6, 6.07) is 70.6. The quantitative estimate of drug-likeness (QED) is 0.177. The van der Waals surface area contributed by atoms with Gasteiger partial charge < -0.3 is 0 Å². The maximum atomic E-state index is 5.48. The number of hydrogen-bond donors (Lipinski definition) is 0. The molecule has 3 aliphatic rings. The van der Waals surface area contributed by atoms with E-state index in [-0.39, 0.29) is 0 Å². The molecule has 0 radical (unpaired) electrons. The third kappa shape index (κ3) is 5.23. The van der Waals surface area contributed by atoms with Crippen LogP contribution in [0.3, 0.4) is 0 Å². The molecule has 0 atom stereocenters. The first-order valence-corrected chi connectivity index (χ1v) is 22.0. The van der Waals surface area contributed by atoms with Crippen LogP contribution in [0.25, 0.3) is 72.4 Å². The predicted octanol–water partition coefficient (Wildman–Crippen LogP) is 14.6. The number of aromatic nitrogens is 3. The highest BCUT2D eigenvalue weighted by Crippen LogP contribution is 2.63. The Bertz CT molecular complexity index is 3520. The molecule has 0 bridgehead atoms. The summed E-state index contributed by atoms with van der Waals surface area (Å²) in [5.74, 6) is 2.16. The Morgan fingerprint density at radius 3 is 1.72 bits per heavy atom. The maximum Gasteiger partial charge on any atom is 0.163 e. The summed E-state index contributed by atoms with van der Waals surface area (Å²) in [5, 5.41) is 2.36. The summed E-state index contributed by atoms with van der Waals surface area (Å²) in [5.41, 5.74) is 18.5. The van der Waals surface area contributed by atoms with Crippen LogP contribution in [-0.4, -0.2) is 14.5 Å². The molecule has 64 heavy (non-hydrogen) atoms. The lowest BCUT2D eigenvalue weighted by Crippen LogP contribution is -2.25. The van der Waals surface area contributed by atoms with E-state index >= 15 is 0 Å². The molecule has 10 aromatic rings. The largest absolute Gasteiger partial charge is 0.295 e. The summed E-state index contributed by atoms with van der Waals surface area (Å²) in [6.45, 7) is 4.60. The second-order valence-corrected chi connectivity index (χ2v) is 17.0. The van der Waals surface area contributed by atoms with Crippen molar-refractivity contribution in [2.24, 2.45) is 0 Å². The van der Waals surface area contributed by atoms with E-state index in [2.05, 4.69) is 234 Å². The van der Waals surface area contributed by atoms with Crippen LogP contribution >= 0.6 is 0 Å². The van der Waals surface area contributed by atoms with Crippen molar-refractivity contribution >= 4 is 33.3 Å². The van der Waals surface area contributed by atoms with Crippen LogP contribution < -0.4 is 4.90 Å². The van der Waals surface area contributed by atoms with Gasteiger partial charge in [0.05, 0.1) is 22.1 Å². The minimum absolute atomic E-state index is 0.422. The van der Waals surface area contributed by atoms with Gasteiger partial charge in [0.15, 0.2) is 5.82 Å². The number of hydrogen-bond acceptors (Lipinski definition) is 3. The standard InChI is InChI=1S/C60H40N4/c1-39-18-3-2-4-19-40-20-5-14-31-54(40)63(39)57-38-58(64-55-32-15-9-26-48(55)49-27-10-16-33-56(49)64)62-59(61-57)43-22-17-21-41(36-43)42-34-35-47-46-25-8-13-30-52(46)60(53(47)37-42)50-28-11-6-23-44(50)45-24-7-12-29-51(45)60/h2-18,20-38H,1,19H2/b4-2-,18-3-. The highest BCUT2D eigenvalue weighted by atomic mass is 15.2. The van der Waals surface area contributed by atoms with Gasteiger partial charge in [0.2, 0.25) is 0 Å². The lowest BCUT2D eigenvalue weighted by molar-refractivity contribution is 0.794. The number of allylic oxidation sites excluding steroid dienone is 4. The second-order valence-electron chi connectivity index (χ2n) is 17.0. The Balaban J connectivity index is 1.02. The number of benzene rings is 8. The first-order valence-electron chi connectivity index (χ1n) is 22.0. The molecular formula is C60H40N4. The van der Waals surface area contributed by atoms with Gasteiger partial charge in [-0.25, -0.2) is 9.97 Å². The Morgan fingerprint density at radius 2 is 1.02 bits per heavy atom. The summed E-state index contributed by atoms with van der Waals surface area (Å²) in [6.07, 6.45) is 9.18. The van der Waals surface area contributed by atoms with Gasteiger partial charge in [0.1, 0.15) is 11.6 Å². The third-order valence-electron chi connectivity index (χ3n) is 13.6. The van der Waals surface area contributed by atoms with Gasteiger partial charge in [-0.2, -0.15) is 0 Å². The smallest absolute Gasteiger partial charge is 0.163 e. The Kier molecular flexibility index (Phi) is 8.00. The van der Waals surface area contributed by atoms with Crippen molar-refractivity contribution in [3.05, 3.63) is 259 Å². The van der Waals surface area contributed by atoms with Crippen LogP contribution in [0.1, 0.15) is 27.8 Å². The number of rotatable bonds is 4. The van der Waals surface area contributed by atoms with Gasteiger partial charge in [-0.3, -0.25) is 9.47 Å². The fraction of sp³-hybridized carbons (Fsp3) is 0.0333. The van der Waals surface area contributed by atoms with Crippen LogP contribution in [-0.2, 0) is 11.8 Å². The average molecular weight is 817 g/mol. The van der Waals surface area contributed by atoms with Crippen LogP contribution in [0.4, 0.5) is 11.5 Å². The van der Waals surface area contributed by atoms with Crippen molar-refractivity contribution in [2.75, 3.05) is 4.90 Å². The Labute approximate surface area is 372 Å². The van der Waals surface area contributed by atoms with Crippen molar-refractivity contribution in [3.63, 3.8) is 0 Å². The molecule has 0 saturated carbocycles. The molecule has 13 rings (SSSR count). The zero-order valence-electron chi connectivity index (χ0n) is 35.0. The lowest BCUT2D eigenvalue weighted by atomic mass is 9.70.